The number of rotatable bonds is 40. The Balaban J connectivity index is 3.76. The number of hydrogen-bond acceptors (Lipinski definition) is 8. The zero-order chi connectivity index (χ0) is 38.5. The highest BCUT2D eigenvalue weighted by molar-refractivity contribution is 7.47. The van der Waals surface area contributed by atoms with Crippen LogP contribution in [0, 0.1) is 0 Å². The molecule has 0 rings (SSSR count). The number of aliphatic hydroxyl groups is 1. The van der Waals surface area contributed by atoms with E-state index in [0.29, 0.717) is 12.8 Å². The van der Waals surface area contributed by atoms with Crippen molar-refractivity contribution in [2.45, 2.75) is 219 Å². The van der Waals surface area contributed by atoms with Crippen LogP contribution in [0.3, 0.4) is 0 Å². The highest BCUT2D eigenvalue weighted by Crippen LogP contribution is 2.43. The molecule has 1 amide bonds. The lowest BCUT2D eigenvalue weighted by Crippen LogP contribution is -2.43. The maximum absolute atomic E-state index is 12.3. The minimum absolute atomic E-state index is 0.153. The molecule has 0 saturated carbocycles. The smallest absolute Gasteiger partial charge is 0.472 e. The Kier molecular flexibility index (Phi) is 35.4. The van der Waals surface area contributed by atoms with Crippen LogP contribution in [-0.4, -0.2) is 64.9 Å². The van der Waals surface area contributed by atoms with Crippen LogP contribution >= 0.6 is 7.82 Å². The number of phosphoric ester groups is 1. The minimum Gasteiger partial charge on any atom is -0.480 e. The predicted molar refractivity (Wildman–Crippen MR) is 208 cm³/mol. The van der Waals surface area contributed by atoms with Crippen LogP contribution in [0.5, 0.6) is 0 Å². The van der Waals surface area contributed by atoms with Gasteiger partial charge in [-0.05, 0) is 12.8 Å². The molecule has 0 bridgehead atoms. The normalized spacial score (nSPS) is 13.8. The van der Waals surface area contributed by atoms with Crippen molar-refractivity contribution in [2.24, 2.45) is 0 Å². The first kappa shape index (κ1) is 50.5. The van der Waals surface area contributed by atoms with Crippen molar-refractivity contribution in [3.8, 4) is 0 Å². The highest BCUT2D eigenvalue weighted by atomic mass is 31.2. The van der Waals surface area contributed by atoms with E-state index in [1.807, 2.05) is 0 Å². The first-order valence-corrected chi connectivity index (χ1v) is 22.6. The fourth-order valence-electron chi connectivity index (χ4n) is 6.08. The first-order chi connectivity index (χ1) is 25.1. The third-order valence-electron chi connectivity index (χ3n) is 9.40. The molecule has 0 saturated heterocycles. The van der Waals surface area contributed by atoms with Gasteiger partial charge >= 0.3 is 19.8 Å². The Morgan fingerprint density at radius 3 is 1.27 bits per heavy atom. The number of unbranched alkanes of at least 4 members (excludes halogenated alkanes) is 26. The van der Waals surface area contributed by atoms with Crippen LogP contribution in [0.25, 0.3) is 0 Å². The molecular formula is C40H78NO10P. The second-order valence-corrected chi connectivity index (χ2v) is 16.0. The molecule has 3 atom stereocenters. The minimum atomic E-state index is -4.74. The van der Waals surface area contributed by atoms with Crippen molar-refractivity contribution in [1.82, 2.24) is 5.32 Å². The number of esters is 1. The highest BCUT2D eigenvalue weighted by Gasteiger charge is 2.28. The summed E-state index contributed by atoms with van der Waals surface area (Å²) in [6, 6.07) is -1.54. The Bertz CT molecular complexity index is 906. The molecule has 308 valence electrons. The molecular weight excluding hydrogens is 685 g/mol. The number of phosphoric acid groups is 1. The summed E-state index contributed by atoms with van der Waals surface area (Å²) in [5, 5.41) is 21.7. The van der Waals surface area contributed by atoms with Gasteiger partial charge < -0.3 is 25.2 Å². The van der Waals surface area contributed by atoms with Crippen LogP contribution in [0.15, 0.2) is 0 Å². The number of hydrogen-bond donors (Lipinski definition) is 4. The van der Waals surface area contributed by atoms with E-state index in [1.54, 1.807) is 0 Å². The van der Waals surface area contributed by atoms with Gasteiger partial charge in [-0.1, -0.05) is 181 Å². The number of amides is 1. The number of aliphatic hydroxyl groups excluding tert-OH is 1. The third kappa shape index (κ3) is 35.5. The van der Waals surface area contributed by atoms with Crippen molar-refractivity contribution < 1.29 is 47.8 Å². The Hall–Kier alpha value is -1.52. The lowest BCUT2D eigenvalue weighted by molar-refractivity contribution is -0.147. The van der Waals surface area contributed by atoms with Crippen LogP contribution in [-0.2, 0) is 32.7 Å². The number of nitrogens with one attached hydrogen (secondary N) is 1. The van der Waals surface area contributed by atoms with Crippen molar-refractivity contribution in [3.63, 3.8) is 0 Å². The SMILES string of the molecule is CCCCCCCCCCCCCCCCCCCCCCCCCC(=O)NC(COP(=O)(O)OCC(O)COC(=O)CCCCCCC)C(=O)O. The maximum Gasteiger partial charge on any atom is 0.472 e. The second-order valence-electron chi connectivity index (χ2n) is 14.5. The number of carbonyl (C=O) groups is 3. The maximum atomic E-state index is 12.3. The molecule has 0 aliphatic heterocycles. The van der Waals surface area contributed by atoms with E-state index in [1.165, 1.54) is 122 Å². The first-order valence-electron chi connectivity index (χ1n) is 21.1. The van der Waals surface area contributed by atoms with E-state index in [0.717, 1.165) is 44.9 Å². The molecule has 12 heteroatoms. The van der Waals surface area contributed by atoms with Crippen LogP contribution in [0.1, 0.15) is 206 Å². The molecule has 0 aromatic rings. The summed E-state index contributed by atoms with van der Waals surface area (Å²) < 4.78 is 26.6. The molecule has 0 radical (unpaired) electrons. The average Bonchev–Trinajstić information content (AvgIpc) is 3.11. The average molecular weight is 764 g/mol. The Morgan fingerprint density at radius 1 is 0.538 bits per heavy atom. The molecule has 4 N–H and O–H groups in total. The summed E-state index contributed by atoms with van der Waals surface area (Å²) in [7, 11) is -4.74. The molecule has 0 fully saturated rings. The predicted octanol–water partition coefficient (Wildman–Crippen LogP) is 10.3. The van der Waals surface area contributed by atoms with Gasteiger partial charge in [-0.3, -0.25) is 18.6 Å². The fourth-order valence-corrected chi connectivity index (χ4v) is 6.85. The van der Waals surface area contributed by atoms with Gasteiger partial charge in [0, 0.05) is 12.8 Å². The van der Waals surface area contributed by atoms with Gasteiger partial charge in [0.15, 0.2) is 6.04 Å². The Labute approximate surface area is 316 Å². The van der Waals surface area contributed by atoms with Crippen LogP contribution in [0.4, 0.5) is 0 Å². The summed E-state index contributed by atoms with van der Waals surface area (Å²) >= 11 is 0. The summed E-state index contributed by atoms with van der Waals surface area (Å²) in [6.07, 6.45) is 33.4. The van der Waals surface area contributed by atoms with Gasteiger partial charge in [0.1, 0.15) is 12.7 Å². The number of carbonyl (C=O) groups excluding carboxylic acids is 2. The van der Waals surface area contributed by atoms with Gasteiger partial charge in [0.25, 0.3) is 0 Å². The van der Waals surface area contributed by atoms with Crippen molar-refractivity contribution in [3.05, 3.63) is 0 Å². The number of ether oxygens (including phenoxy) is 1. The van der Waals surface area contributed by atoms with E-state index in [-0.39, 0.29) is 12.8 Å². The standard InChI is InChI=1S/C40H78NO10P/c1-3-5-7-9-10-11-12-13-14-15-16-17-18-19-20-21-22-23-24-25-26-28-29-31-38(43)41-37(40(45)46)35-51-52(47,48)50-34-36(42)33-49-39(44)32-30-27-8-6-4-2/h36-37,42H,3-35H2,1-2H3,(H,41,43)(H,45,46)(H,47,48). The molecule has 3 unspecified atom stereocenters. The second kappa shape index (κ2) is 36.5. The van der Waals surface area contributed by atoms with Crippen LogP contribution in [0.2, 0.25) is 0 Å². The van der Waals surface area contributed by atoms with E-state index < -0.39 is 57.6 Å². The lowest BCUT2D eigenvalue weighted by Gasteiger charge is -2.18. The van der Waals surface area contributed by atoms with Crippen molar-refractivity contribution in [1.29, 1.82) is 0 Å². The van der Waals surface area contributed by atoms with E-state index in [9.17, 15) is 34.1 Å². The van der Waals surface area contributed by atoms with Crippen molar-refractivity contribution in [2.75, 3.05) is 19.8 Å². The van der Waals surface area contributed by atoms with Gasteiger partial charge in [0.05, 0.1) is 13.2 Å². The molecule has 11 nitrogen and oxygen atoms in total. The van der Waals surface area contributed by atoms with E-state index in [2.05, 4.69) is 19.2 Å². The Morgan fingerprint density at radius 2 is 0.885 bits per heavy atom. The molecule has 0 aromatic carbocycles. The van der Waals surface area contributed by atoms with Gasteiger partial charge in [0.2, 0.25) is 5.91 Å². The zero-order valence-electron chi connectivity index (χ0n) is 33.1. The summed E-state index contributed by atoms with van der Waals surface area (Å²) in [5.74, 6) is -2.37. The molecule has 0 spiro atoms. The van der Waals surface area contributed by atoms with Gasteiger partial charge in [-0.25, -0.2) is 9.36 Å². The molecule has 0 aromatic heterocycles. The van der Waals surface area contributed by atoms with Gasteiger partial charge in [-0.15, -0.1) is 0 Å². The quantitative estimate of drug-likeness (QED) is 0.0268. The fraction of sp³-hybridized carbons (Fsp3) is 0.925. The number of carboxylic acid groups (broad SMARTS) is 1. The third-order valence-corrected chi connectivity index (χ3v) is 10.3. The van der Waals surface area contributed by atoms with E-state index >= 15 is 0 Å². The summed E-state index contributed by atoms with van der Waals surface area (Å²) in [5.41, 5.74) is 0. The number of carboxylic acids is 1. The molecule has 52 heavy (non-hydrogen) atoms. The summed E-state index contributed by atoms with van der Waals surface area (Å²) in [4.78, 5) is 45.5. The molecule has 0 aliphatic rings. The van der Waals surface area contributed by atoms with Crippen molar-refractivity contribution >= 4 is 25.7 Å². The van der Waals surface area contributed by atoms with E-state index in [4.69, 9.17) is 13.8 Å². The topological polar surface area (TPSA) is 169 Å². The largest absolute Gasteiger partial charge is 0.480 e. The monoisotopic (exact) mass is 764 g/mol. The lowest BCUT2D eigenvalue weighted by atomic mass is 10.0. The van der Waals surface area contributed by atoms with Gasteiger partial charge in [-0.2, -0.15) is 0 Å². The summed E-state index contributed by atoms with van der Waals surface area (Å²) in [6.45, 7) is 2.50. The number of aliphatic carboxylic acids is 1. The molecule has 0 heterocycles. The van der Waals surface area contributed by atoms with Crippen LogP contribution < -0.4 is 5.32 Å². The zero-order valence-corrected chi connectivity index (χ0v) is 34.0. The molecule has 0 aliphatic carbocycles.